The summed E-state index contributed by atoms with van der Waals surface area (Å²) in [7, 11) is 0. The summed E-state index contributed by atoms with van der Waals surface area (Å²) in [6, 6.07) is -0.683. The van der Waals surface area contributed by atoms with Crippen molar-refractivity contribution in [1.82, 2.24) is 10.3 Å². The minimum atomic E-state index is -0.683. The lowest BCUT2D eigenvalue weighted by atomic mass is 10.1. The van der Waals surface area contributed by atoms with Crippen LogP contribution < -0.4 is 5.32 Å². The molecule has 21 heavy (non-hydrogen) atoms. The minimum absolute atomic E-state index is 0.0601. The summed E-state index contributed by atoms with van der Waals surface area (Å²) in [5, 5.41) is 13.5. The average Bonchev–Trinajstić information content (AvgIpc) is 2.88. The molecule has 0 unspecified atom stereocenters. The third-order valence-electron chi connectivity index (χ3n) is 2.55. The molecule has 118 valence electrons. The maximum Gasteiger partial charge on any atom is 0.408 e. The normalized spacial score (nSPS) is 12.8. The Morgan fingerprint density at radius 2 is 2.14 bits per heavy atom. The summed E-state index contributed by atoms with van der Waals surface area (Å²) in [5.74, 6) is -0.228. The highest BCUT2D eigenvalue weighted by atomic mass is 32.1. The number of thiazole rings is 1. The molecule has 0 aliphatic rings. The van der Waals surface area contributed by atoms with Gasteiger partial charge in [0.15, 0.2) is 5.01 Å². The maximum absolute atomic E-state index is 12.3. The van der Waals surface area contributed by atoms with Crippen LogP contribution in [0.5, 0.6) is 0 Å². The molecule has 0 saturated heterocycles. The van der Waals surface area contributed by atoms with Crippen LogP contribution in [-0.2, 0) is 4.74 Å². The zero-order chi connectivity index (χ0) is 15.9. The van der Waals surface area contributed by atoms with Gasteiger partial charge in [-0.05, 0) is 40.0 Å². The van der Waals surface area contributed by atoms with Crippen molar-refractivity contribution >= 4 is 23.2 Å². The number of carbonyl (C=O) groups excluding carboxylic acids is 2. The molecule has 1 aromatic rings. The summed E-state index contributed by atoms with van der Waals surface area (Å²) in [4.78, 5) is 28.1. The monoisotopic (exact) mass is 314 g/mol. The Labute approximate surface area is 128 Å². The fourth-order valence-electron chi connectivity index (χ4n) is 1.67. The number of hydrogen-bond acceptors (Lipinski definition) is 6. The number of nitrogens with zero attached hydrogens (tertiary/aromatic N) is 1. The number of ether oxygens (including phenoxy) is 1. The molecule has 0 saturated carbocycles. The molecule has 1 heterocycles. The Bertz CT molecular complexity index is 454. The van der Waals surface area contributed by atoms with E-state index in [4.69, 9.17) is 9.84 Å². The van der Waals surface area contributed by atoms with Crippen LogP contribution in [0.3, 0.4) is 0 Å². The molecule has 7 heteroatoms. The Hall–Kier alpha value is -1.47. The van der Waals surface area contributed by atoms with Crippen molar-refractivity contribution in [2.75, 3.05) is 6.61 Å². The van der Waals surface area contributed by atoms with E-state index in [0.717, 1.165) is 0 Å². The van der Waals surface area contributed by atoms with E-state index in [0.29, 0.717) is 24.3 Å². The first kappa shape index (κ1) is 17.6. The predicted molar refractivity (Wildman–Crippen MR) is 80.5 cm³/mol. The van der Waals surface area contributed by atoms with E-state index in [1.165, 1.54) is 11.3 Å². The van der Waals surface area contributed by atoms with Gasteiger partial charge in [-0.1, -0.05) is 0 Å². The summed E-state index contributed by atoms with van der Waals surface area (Å²) in [6.45, 7) is 5.34. The van der Waals surface area contributed by atoms with E-state index in [9.17, 15) is 9.59 Å². The maximum atomic E-state index is 12.3. The van der Waals surface area contributed by atoms with Gasteiger partial charge in [-0.3, -0.25) is 4.79 Å². The molecule has 6 nitrogen and oxygen atoms in total. The van der Waals surface area contributed by atoms with E-state index in [-0.39, 0.29) is 12.4 Å². The third kappa shape index (κ3) is 6.68. The molecule has 1 atom stereocenters. The van der Waals surface area contributed by atoms with Gasteiger partial charge in [0.2, 0.25) is 5.78 Å². The quantitative estimate of drug-likeness (QED) is 0.596. The Morgan fingerprint density at radius 1 is 1.43 bits per heavy atom. The predicted octanol–water partition coefficient (Wildman–Crippen LogP) is 2.38. The first-order valence-electron chi connectivity index (χ1n) is 6.87. The summed E-state index contributed by atoms with van der Waals surface area (Å²) < 4.78 is 5.17. The van der Waals surface area contributed by atoms with Crippen molar-refractivity contribution in [3.05, 3.63) is 16.6 Å². The summed E-state index contributed by atoms with van der Waals surface area (Å²) in [6.07, 6.45) is 2.58. The van der Waals surface area contributed by atoms with Crippen LogP contribution in [0.2, 0.25) is 0 Å². The molecule has 0 aromatic carbocycles. The van der Waals surface area contributed by atoms with E-state index < -0.39 is 17.7 Å². The van der Waals surface area contributed by atoms with Crippen LogP contribution in [0, 0.1) is 0 Å². The molecule has 0 radical (unpaired) electrons. The van der Waals surface area contributed by atoms with Crippen molar-refractivity contribution in [3.8, 4) is 0 Å². The van der Waals surface area contributed by atoms with Gasteiger partial charge >= 0.3 is 6.09 Å². The number of nitrogens with one attached hydrogen (secondary N) is 1. The fourth-order valence-corrected chi connectivity index (χ4v) is 2.30. The van der Waals surface area contributed by atoms with Gasteiger partial charge in [0.25, 0.3) is 0 Å². The van der Waals surface area contributed by atoms with Crippen molar-refractivity contribution in [1.29, 1.82) is 0 Å². The minimum Gasteiger partial charge on any atom is -0.444 e. The second kappa shape index (κ2) is 8.09. The van der Waals surface area contributed by atoms with Crippen LogP contribution in [0.4, 0.5) is 4.79 Å². The van der Waals surface area contributed by atoms with Gasteiger partial charge in [-0.25, -0.2) is 9.78 Å². The third-order valence-corrected chi connectivity index (χ3v) is 3.34. The second-order valence-electron chi connectivity index (χ2n) is 5.62. The smallest absolute Gasteiger partial charge is 0.408 e. The van der Waals surface area contributed by atoms with Crippen LogP contribution in [0.25, 0.3) is 0 Å². The van der Waals surface area contributed by atoms with Crippen LogP contribution >= 0.6 is 11.3 Å². The summed E-state index contributed by atoms with van der Waals surface area (Å²) >= 11 is 1.24. The van der Waals surface area contributed by atoms with E-state index in [2.05, 4.69) is 10.3 Å². The van der Waals surface area contributed by atoms with E-state index in [1.54, 1.807) is 32.3 Å². The van der Waals surface area contributed by atoms with E-state index >= 15 is 0 Å². The SMILES string of the molecule is CC(C)(C)OC(=O)N[C@@H](CCCCO)C(=O)c1nccs1. The average molecular weight is 314 g/mol. The zero-order valence-electron chi connectivity index (χ0n) is 12.6. The molecule has 1 rings (SSSR count). The first-order chi connectivity index (χ1) is 9.83. The van der Waals surface area contributed by atoms with Crippen molar-refractivity contribution in [2.45, 2.75) is 51.7 Å². The van der Waals surface area contributed by atoms with Gasteiger partial charge in [-0.2, -0.15) is 0 Å². The molecule has 0 spiro atoms. The fraction of sp³-hybridized carbons (Fsp3) is 0.643. The van der Waals surface area contributed by atoms with Gasteiger partial charge in [0.1, 0.15) is 5.60 Å². The van der Waals surface area contributed by atoms with Gasteiger partial charge in [-0.15, -0.1) is 11.3 Å². The lowest BCUT2D eigenvalue weighted by Crippen LogP contribution is -2.43. The number of Topliss-reactive ketones (excluding diaryl/α,β-unsaturated/α-hetero) is 1. The molecule has 1 aromatic heterocycles. The number of amides is 1. The lowest BCUT2D eigenvalue weighted by molar-refractivity contribution is 0.0487. The molecular formula is C14H22N2O4S. The zero-order valence-corrected chi connectivity index (χ0v) is 13.4. The van der Waals surface area contributed by atoms with Crippen molar-refractivity contribution < 1.29 is 19.4 Å². The number of aliphatic hydroxyl groups excluding tert-OH is 1. The lowest BCUT2D eigenvalue weighted by Gasteiger charge is -2.22. The van der Waals surface area contributed by atoms with E-state index in [1.807, 2.05) is 0 Å². The molecule has 0 bridgehead atoms. The standard InChI is InChI=1S/C14H22N2O4S/c1-14(2,3)20-13(19)16-10(6-4-5-8-17)11(18)12-15-7-9-21-12/h7,9-10,17H,4-6,8H2,1-3H3,(H,16,19)/t10-/m0/s1. The highest BCUT2D eigenvalue weighted by Gasteiger charge is 2.26. The molecule has 0 aliphatic carbocycles. The van der Waals surface area contributed by atoms with Crippen LogP contribution in [-0.4, -0.2) is 40.2 Å². The highest BCUT2D eigenvalue weighted by Crippen LogP contribution is 2.13. The molecule has 2 N–H and O–H groups in total. The van der Waals surface area contributed by atoms with Gasteiger partial charge in [0, 0.05) is 18.2 Å². The summed E-state index contributed by atoms with van der Waals surface area (Å²) in [5.41, 5.74) is -0.621. The van der Waals surface area contributed by atoms with Crippen molar-refractivity contribution in [3.63, 3.8) is 0 Å². The molecule has 0 fully saturated rings. The number of ketones is 1. The van der Waals surface area contributed by atoms with Crippen LogP contribution in [0.1, 0.15) is 49.8 Å². The first-order valence-corrected chi connectivity index (χ1v) is 7.75. The number of rotatable bonds is 7. The van der Waals surface area contributed by atoms with Crippen LogP contribution in [0.15, 0.2) is 11.6 Å². The number of carbonyl (C=O) groups is 2. The Kier molecular flexibility index (Phi) is 6.77. The molecular weight excluding hydrogens is 292 g/mol. The van der Waals surface area contributed by atoms with Crippen molar-refractivity contribution in [2.24, 2.45) is 0 Å². The number of unbranched alkanes of at least 4 members (excludes halogenated alkanes) is 1. The topological polar surface area (TPSA) is 88.5 Å². The van der Waals surface area contributed by atoms with Gasteiger partial charge in [0.05, 0.1) is 6.04 Å². The number of alkyl carbamates (subject to hydrolysis) is 1. The molecule has 0 aliphatic heterocycles. The highest BCUT2D eigenvalue weighted by molar-refractivity contribution is 7.11. The largest absolute Gasteiger partial charge is 0.444 e. The number of aromatic nitrogens is 1. The number of aliphatic hydroxyl groups is 1. The molecule has 1 amide bonds. The Balaban J connectivity index is 2.68. The Morgan fingerprint density at radius 3 is 2.67 bits per heavy atom. The number of hydrogen-bond donors (Lipinski definition) is 2. The van der Waals surface area contributed by atoms with Gasteiger partial charge < -0.3 is 15.2 Å². The second-order valence-corrected chi connectivity index (χ2v) is 6.51.